The smallest absolute Gasteiger partial charge is 0.339 e. The van der Waals surface area contributed by atoms with Crippen LogP contribution in [0.3, 0.4) is 0 Å². The second-order valence-electron chi connectivity index (χ2n) is 6.88. The zero-order valence-corrected chi connectivity index (χ0v) is 16.8. The maximum absolute atomic E-state index is 13.7. The third-order valence-electron chi connectivity index (χ3n) is 4.82. The van der Waals surface area contributed by atoms with Gasteiger partial charge in [-0.1, -0.05) is 18.2 Å². The van der Waals surface area contributed by atoms with Crippen molar-refractivity contribution in [1.82, 2.24) is 4.98 Å². The Kier molecular flexibility index (Phi) is 5.50. The first-order valence-corrected chi connectivity index (χ1v) is 11.0. The second-order valence-corrected chi connectivity index (χ2v) is 8.90. The molecule has 0 aliphatic carbocycles. The number of rotatable bonds is 5. The van der Waals surface area contributed by atoms with Crippen molar-refractivity contribution in [2.24, 2.45) is 0 Å². The number of aromatic nitrogens is 1. The SMILES string of the molecule is O=C(OC(c1cccc(F)c1)c1ccccn1)c1ccc(N2CCCS2(=O)=O)cc1. The molecule has 8 heteroatoms. The van der Waals surface area contributed by atoms with Crippen molar-refractivity contribution in [2.75, 3.05) is 16.6 Å². The number of carbonyl (C=O) groups excluding carboxylic acids is 1. The third kappa shape index (κ3) is 4.18. The fourth-order valence-corrected chi connectivity index (χ4v) is 4.93. The van der Waals surface area contributed by atoms with Gasteiger partial charge in [-0.2, -0.15) is 0 Å². The fraction of sp³-hybridized carbons (Fsp3) is 0.182. The minimum atomic E-state index is -3.30. The predicted molar refractivity (Wildman–Crippen MR) is 110 cm³/mol. The topological polar surface area (TPSA) is 76.6 Å². The molecule has 1 aliphatic rings. The van der Waals surface area contributed by atoms with E-state index in [1.54, 1.807) is 48.7 Å². The molecule has 1 aliphatic heterocycles. The molecular weight excluding hydrogens is 407 g/mol. The Morgan fingerprint density at radius 1 is 1.07 bits per heavy atom. The van der Waals surface area contributed by atoms with E-state index in [2.05, 4.69) is 4.98 Å². The fourth-order valence-electron chi connectivity index (χ4n) is 3.37. The van der Waals surface area contributed by atoms with E-state index in [4.69, 9.17) is 4.74 Å². The van der Waals surface area contributed by atoms with Gasteiger partial charge in [-0.15, -0.1) is 0 Å². The molecule has 0 amide bonds. The maximum Gasteiger partial charge on any atom is 0.339 e. The van der Waals surface area contributed by atoms with Crippen LogP contribution in [-0.2, 0) is 14.8 Å². The zero-order valence-electron chi connectivity index (χ0n) is 15.9. The van der Waals surface area contributed by atoms with Crippen molar-refractivity contribution in [3.8, 4) is 0 Å². The molecule has 1 aromatic heterocycles. The molecule has 0 spiro atoms. The van der Waals surface area contributed by atoms with Crippen LogP contribution in [0.4, 0.5) is 10.1 Å². The van der Waals surface area contributed by atoms with Crippen molar-refractivity contribution < 1.29 is 22.3 Å². The van der Waals surface area contributed by atoms with E-state index in [0.717, 1.165) is 0 Å². The lowest BCUT2D eigenvalue weighted by molar-refractivity contribution is 0.0370. The molecule has 30 heavy (non-hydrogen) atoms. The molecule has 2 heterocycles. The molecule has 0 bridgehead atoms. The Morgan fingerprint density at radius 3 is 2.50 bits per heavy atom. The molecule has 0 radical (unpaired) electrons. The van der Waals surface area contributed by atoms with Crippen molar-refractivity contribution in [2.45, 2.75) is 12.5 Å². The lowest BCUT2D eigenvalue weighted by atomic mass is 10.1. The van der Waals surface area contributed by atoms with Crippen LogP contribution in [0, 0.1) is 5.82 Å². The van der Waals surface area contributed by atoms with Crippen LogP contribution >= 0.6 is 0 Å². The molecule has 1 saturated heterocycles. The van der Waals surface area contributed by atoms with E-state index in [1.807, 2.05) is 0 Å². The number of anilines is 1. The Bertz CT molecular complexity index is 1150. The van der Waals surface area contributed by atoms with Crippen LogP contribution in [0.2, 0.25) is 0 Å². The highest BCUT2D eigenvalue weighted by Crippen LogP contribution is 2.28. The molecule has 0 saturated carbocycles. The van der Waals surface area contributed by atoms with Crippen LogP contribution in [0.1, 0.15) is 34.1 Å². The minimum absolute atomic E-state index is 0.121. The van der Waals surface area contributed by atoms with Gasteiger partial charge in [0.05, 0.1) is 22.7 Å². The molecule has 1 atom stereocenters. The number of ether oxygens (including phenoxy) is 1. The Hall–Kier alpha value is -3.26. The van der Waals surface area contributed by atoms with Gasteiger partial charge in [-0.25, -0.2) is 17.6 Å². The molecule has 1 unspecified atom stereocenters. The van der Waals surface area contributed by atoms with Crippen molar-refractivity contribution in [3.05, 3.63) is 95.6 Å². The summed E-state index contributed by atoms with van der Waals surface area (Å²) < 4.78 is 44.9. The van der Waals surface area contributed by atoms with Gasteiger partial charge in [0.2, 0.25) is 10.0 Å². The highest BCUT2D eigenvalue weighted by atomic mass is 32.2. The van der Waals surface area contributed by atoms with E-state index in [9.17, 15) is 17.6 Å². The Balaban J connectivity index is 1.58. The minimum Gasteiger partial charge on any atom is -0.447 e. The van der Waals surface area contributed by atoms with Crippen LogP contribution in [0.25, 0.3) is 0 Å². The molecule has 6 nitrogen and oxygen atoms in total. The number of esters is 1. The van der Waals surface area contributed by atoms with Crippen LogP contribution < -0.4 is 4.31 Å². The lowest BCUT2D eigenvalue weighted by Gasteiger charge is -2.19. The molecular formula is C22H19FN2O4S. The number of sulfonamides is 1. The summed E-state index contributed by atoms with van der Waals surface area (Å²) >= 11 is 0. The number of halogens is 1. The summed E-state index contributed by atoms with van der Waals surface area (Å²) in [5.41, 5.74) is 1.70. The van der Waals surface area contributed by atoms with Gasteiger partial charge >= 0.3 is 5.97 Å². The monoisotopic (exact) mass is 426 g/mol. The predicted octanol–water partition coefficient (Wildman–Crippen LogP) is 3.71. The zero-order chi connectivity index (χ0) is 21.1. The van der Waals surface area contributed by atoms with E-state index < -0.39 is 27.9 Å². The number of benzene rings is 2. The van der Waals surface area contributed by atoms with E-state index in [-0.39, 0.29) is 11.3 Å². The molecule has 0 N–H and O–H groups in total. The Morgan fingerprint density at radius 2 is 1.87 bits per heavy atom. The standard InChI is InChI=1S/C22H19FN2O4S/c23-18-6-3-5-17(15-18)21(20-7-1-2-12-24-20)29-22(26)16-8-10-19(11-9-16)25-13-4-14-30(25,27)28/h1-3,5-12,15,21H,4,13-14H2. The summed E-state index contributed by atoms with van der Waals surface area (Å²) in [6.45, 7) is 0.424. The molecule has 3 aromatic rings. The highest BCUT2D eigenvalue weighted by Gasteiger charge is 2.28. The first-order valence-electron chi connectivity index (χ1n) is 9.42. The van der Waals surface area contributed by atoms with Gasteiger partial charge < -0.3 is 4.74 Å². The Labute approximate surface area is 174 Å². The molecule has 4 rings (SSSR count). The van der Waals surface area contributed by atoms with Gasteiger partial charge in [0.25, 0.3) is 0 Å². The number of hydrogen-bond acceptors (Lipinski definition) is 5. The summed E-state index contributed by atoms with van der Waals surface area (Å²) in [7, 11) is -3.30. The van der Waals surface area contributed by atoms with Crippen LogP contribution in [0.15, 0.2) is 72.9 Å². The molecule has 154 valence electrons. The van der Waals surface area contributed by atoms with Gasteiger partial charge in [0, 0.05) is 18.3 Å². The van der Waals surface area contributed by atoms with E-state index in [0.29, 0.717) is 29.9 Å². The number of pyridine rings is 1. The van der Waals surface area contributed by atoms with Gasteiger partial charge in [-0.3, -0.25) is 9.29 Å². The lowest BCUT2D eigenvalue weighted by Crippen LogP contribution is -2.25. The number of hydrogen-bond donors (Lipinski definition) is 0. The molecule has 2 aromatic carbocycles. The number of carbonyl (C=O) groups is 1. The third-order valence-corrected chi connectivity index (χ3v) is 6.69. The van der Waals surface area contributed by atoms with Crippen molar-refractivity contribution >= 4 is 21.7 Å². The quantitative estimate of drug-likeness (QED) is 0.582. The summed E-state index contributed by atoms with van der Waals surface area (Å²) in [5, 5.41) is 0. The average molecular weight is 426 g/mol. The second kappa shape index (κ2) is 8.23. The summed E-state index contributed by atoms with van der Waals surface area (Å²) in [4.78, 5) is 17.0. The maximum atomic E-state index is 13.7. The highest BCUT2D eigenvalue weighted by molar-refractivity contribution is 7.93. The summed E-state index contributed by atoms with van der Waals surface area (Å²) in [6, 6.07) is 17.2. The molecule has 1 fully saturated rings. The number of nitrogens with zero attached hydrogens (tertiary/aromatic N) is 2. The van der Waals surface area contributed by atoms with Gasteiger partial charge in [0.1, 0.15) is 5.82 Å². The summed E-state index contributed by atoms with van der Waals surface area (Å²) in [6.07, 6.45) is 1.26. The largest absolute Gasteiger partial charge is 0.447 e. The normalized spacial score (nSPS) is 16.2. The first-order chi connectivity index (χ1) is 14.4. The average Bonchev–Trinajstić information content (AvgIpc) is 3.11. The van der Waals surface area contributed by atoms with Gasteiger partial charge in [-0.05, 0) is 55.0 Å². The van der Waals surface area contributed by atoms with Crippen LogP contribution in [0.5, 0.6) is 0 Å². The van der Waals surface area contributed by atoms with Gasteiger partial charge in [0.15, 0.2) is 6.10 Å². The van der Waals surface area contributed by atoms with Crippen molar-refractivity contribution in [3.63, 3.8) is 0 Å². The summed E-state index contributed by atoms with van der Waals surface area (Å²) in [5.74, 6) is -0.942. The first kappa shape index (κ1) is 20.0. The van der Waals surface area contributed by atoms with Crippen molar-refractivity contribution in [1.29, 1.82) is 0 Å². The van der Waals surface area contributed by atoms with E-state index >= 15 is 0 Å². The van der Waals surface area contributed by atoms with Crippen LogP contribution in [-0.4, -0.2) is 31.7 Å². The van der Waals surface area contributed by atoms with E-state index in [1.165, 1.54) is 28.6 Å².